The van der Waals surface area contributed by atoms with Crippen molar-refractivity contribution in [3.05, 3.63) is 70.8 Å². The first-order valence-corrected chi connectivity index (χ1v) is 10.5. The van der Waals surface area contributed by atoms with Gasteiger partial charge in [-0.25, -0.2) is 8.42 Å². The number of nitrogens with zero attached hydrogens (tertiary/aromatic N) is 1. The Morgan fingerprint density at radius 3 is 2.37 bits per heavy atom. The van der Waals surface area contributed by atoms with E-state index in [0.717, 1.165) is 11.1 Å². The lowest BCUT2D eigenvalue weighted by molar-refractivity contribution is -0.116. The highest BCUT2D eigenvalue weighted by Crippen LogP contribution is 2.16. The van der Waals surface area contributed by atoms with Crippen molar-refractivity contribution in [2.24, 2.45) is 0 Å². The summed E-state index contributed by atoms with van der Waals surface area (Å²) in [5.74, 6) is -0.241. The Labute approximate surface area is 165 Å². The van der Waals surface area contributed by atoms with E-state index in [0.29, 0.717) is 24.7 Å². The van der Waals surface area contributed by atoms with E-state index >= 15 is 0 Å². The van der Waals surface area contributed by atoms with Gasteiger partial charge in [-0.15, -0.1) is 0 Å². The minimum absolute atomic E-state index is 0.241. The van der Waals surface area contributed by atoms with Gasteiger partial charge in [-0.1, -0.05) is 49.7 Å². The lowest BCUT2D eigenvalue weighted by atomic mass is 10.2. The average molecular weight is 407 g/mol. The second-order valence-corrected chi connectivity index (χ2v) is 8.21. The highest BCUT2D eigenvalue weighted by molar-refractivity contribution is 7.89. The number of sulfonamides is 1. The summed E-state index contributed by atoms with van der Waals surface area (Å²) in [7, 11) is -3.47. The molecule has 27 heavy (non-hydrogen) atoms. The maximum absolute atomic E-state index is 12.5. The van der Waals surface area contributed by atoms with Crippen molar-refractivity contribution >= 4 is 33.6 Å². The van der Waals surface area contributed by atoms with E-state index in [1.807, 2.05) is 26.0 Å². The number of halogens is 1. The van der Waals surface area contributed by atoms with Crippen molar-refractivity contribution in [3.8, 4) is 0 Å². The van der Waals surface area contributed by atoms with E-state index in [4.69, 9.17) is 11.6 Å². The van der Waals surface area contributed by atoms with Crippen molar-refractivity contribution in [1.82, 2.24) is 9.62 Å². The van der Waals surface area contributed by atoms with Crippen molar-refractivity contribution in [2.45, 2.75) is 25.3 Å². The summed E-state index contributed by atoms with van der Waals surface area (Å²) in [4.78, 5) is 12.2. The molecule has 0 radical (unpaired) electrons. The van der Waals surface area contributed by atoms with Crippen LogP contribution in [0.3, 0.4) is 0 Å². The van der Waals surface area contributed by atoms with Crippen LogP contribution in [0, 0.1) is 0 Å². The molecular formula is C20H23ClN2O3S. The van der Waals surface area contributed by atoms with Crippen LogP contribution in [0.15, 0.2) is 59.5 Å². The monoisotopic (exact) mass is 406 g/mol. The number of carbonyl (C=O) groups excluding carboxylic acids is 1. The first-order valence-electron chi connectivity index (χ1n) is 8.67. The average Bonchev–Trinajstić information content (AvgIpc) is 2.66. The topological polar surface area (TPSA) is 66.5 Å². The van der Waals surface area contributed by atoms with Gasteiger partial charge in [0.2, 0.25) is 15.9 Å². The van der Waals surface area contributed by atoms with Gasteiger partial charge >= 0.3 is 0 Å². The number of rotatable bonds is 8. The van der Waals surface area contributed by atoms with E-state index in [-0.39, 0.29) is 10.8 Å². The smallest absolute Gasteiger partial charge is 0.244 e. The molecule has 0 spiro atoms. The molecule has 1 N–H and O–H groups in total. The summed E-state index contributed by atoms with van der Waals surface area (Å²) in [5.41, 5.74) is 1.65. The van der Waals surface area contributed by atoms with Crippen LogP contribution < -0.4 is 5.32 Å². The van der Waals surface area contributed by atoms with Crippen molar-refractivity contribution < 1.29 is 13.2 Å². The molecule has 0 atom stereocenters. The third kappa shape index (κ3) is 5.92. The second kappa shape index (κ2) is 9.69. The van der Waals surface area contributed by atoms with Crippen LogP contribution in [0.4, 0.5) is 0 Å². The highest BCUT2D eigenvalue weighted by atomic mass is 35.5. The first-order chi connectivity index (χ1) is 12.9. The Morgan fingerprint density at radius 2 is 1.78 bits per heavy atom. The predicted octanol–water partition coefficient (Wildman–Crippen LogP) is 3.70. The van der Waals surface area contributed by atoms with Gasteiger partial charge in [0.15, 0.2) is 0 Å². The minimum Gasteiger partial charge on any atom is -0.348 e. The molecule has 0 saturated carbocycles. The van der Waals surface area contributed by atoms with Gasteiger partial charge in [-0.05, 0) is 41.5 Å². The number of hydrogen-bond donors (Lipinski definition) is 1. The highest BCUT2D eigenvalue weighted by Gasteiger charge is 2.21. The number of nitrogens with one attached hydrogen (secondary N) is 1. The summed E-state index contributed by atoms with van der Waals surface area (Å²) in [6, 6.07) is 13.7. The molecule has 7 heteroatoms. The number of amides is 1. The Morgan fingerprint density at radius 1 is 1.11 bits per heavy atom. The molecular weight excluding hydrogens is 384 g/mol. The number of benzene rings is 2. The van der Waals surface area contributed by atoms with Crippen molar-refractivity contribution in [3.63, 3.8) is 0 Å². The summed E-state index contributed by atoms with van der Waals surface area (Å²) in [5, 5.41) is 3.38. The molecule has 0 saturated heterocycles. The van der Waals surface area contributed by atoms with Crippen molar-refractivity contribution in [2.75, 3.05) is 13.1 Å². The van der Waals surface area contributed by atoms with Crippen molar-refractivity contribution in [1.29, 1.82) is 0 Å². The molecule has 2 aromatic carbocycles. The van der Waals surface area contributed by atoms with E-state index in [1.165, 1.54) is 10.4 Å². The normalized spacial score (nSPS) is 11.9. The molecule has 1 amide bonds. The Hall–Kier alpha value is -2.15. The predicted molar refractivity (Wildman–Crippen MR) is 109 cm³/mol. The van der Waals surface area contributed by atoms with Gasteiger partial charge in [-0.3, -0.25) is 4.79 Å². The fourth-order valence-electron chi connectivity index (χ4n) is 2.52. The van der Waals surface area contributed by atoms with Crippen LogP contribution in [-0.2, 0) is 21.4 Å². The molecule has 0 unspecified atom stereocenters. The molecule has 0 bridgehead atoms. The Bertz CT molecular complexity index is 905. The quantitative estimate of drug-likeness (QED) is 0.679. The molecule has 5 nitrogen and oxygen atoms in total. The molecule has 2 rings (SSSR count). The first kappa shape index (κ1) is 21.2. The maximum atomic E-state index is 12.5. The van der Waals surface area contributed by atoms with Crippen LogP contribution in [0.5, 0.6) is 0 Å². The van der Waals surface area contributed by atoms with Gasteiger partial charge in [0.05, 0.1) is 4.90 Å². The zero-order chi connectivity index (χ0) is 19.9. The molecule has 0 aliphatic carbocycles. The molecule has 0 fully saturated rings. The zero-order valence-electron chi connectivity index (χ0n) is 15.4. The van der Waals surface area contributed by atoms with Gasteiger partial charge in [-0.2, -0.15) is 4.31 Å². The maximum Gasteiger partial charge on any atom is 0.244 e. The van der Waals surface area contributed by atoms with E-state index in [1.54, 1.807) is 42.5 Å². The number of hydrogen-bond acceptors (Lipinski definition) is 3. The zero-order valence-corrected chi connectivity index (χ0v) is 16.9. The second-order valence-electron chi connectivity index (χ2n) is 5.84. The molecule has 0 aliphatic heterocycles. The van der Waals surface area contributed by atoms with E-state index in [9.17, 15) is 13.2 Å². The Balaban J connectivity index is 1.96. The molecule has 0 aliphatic rings. The molecule has 144 valence electrons. The standard InChI is InChI=1S/C20H23ClN2O3S/c1-3-23(4-2)27(25,26)19-11-8-17(9-12-19)15-22-20(24)13-10-16-6-5-7-18(21)14-16/h5-14H,3-4,15H2,1-2H3,(H,22,24)/b13-10+. The summed E-state index contributed by atoms with van der Waals surface area (Å²) in [6.07, 6.45) is 3.12. The molecule has 0 aromatic heterocycles. The largest absolute Gasteiger partial charge is 0.348 e. The lowest BCUT2D eigenvalue weighted by Gasteiger charge is -2.18. The van der Waals surface area contributed by atoms with Crippen LogP contribution in [-0.4, -0.2) is 31.7 Å². The SMILES string of the molecule is CCN(CC)S(=O)(=O)c1ccc(CNC(=O)/C=C/c2cccc(Cl)c2)cc1. The Kier molecular flexibility index (Phi) is 7.59. The summed E-state index contributed by atoms with van der Waals surface area (Å²) in [6.45, 7) is 4.78. The molecule has 0 heterocycles. The third-order valence-corrected chi connectivity index (χ3v) is 6.31. The summed E-state index contributed by atoms with van der Waals surface area (Å²) < 4.78 is 26.3. The lowest BCUT2D eigenvalue weighted by Crippen LogP contribution is -2.30. The van der Waals surface area contributed by atoms with Crippen LogP contribution in [0.25, 0.3) is 6.08 Å². The van der Waals surface area contributed by atoms with Crippen LogP contribution in [0.1, 0.15) is 25.0 Å². The van der Waals surface area contributed by atoms with Crippen LogP contribution >= 0.6 is 11.6 Å². The molecule has 2 aromatic rings. The van der Waals surface area contributed by atoms with Gasteiger partial charge < -0.3 is 5.32 Å². The van der Waals surface area contributed by atoms with Crippen LogP contribution in [0.2, 0.25) is 5.02 Å². The minimum atomic E-state index is -3.47. The van der Waals surface area contributed by atoms with Gasteiger partial charge in [0.25, 0.3) is 0 Å². The van der Waals surface area contributed by atoms with E-state index < -0.39 is 10.0 Å². The fourth-order valence-corrected chi connectivity index (χ4v) is 4.18. The summed E-state index contributed by atoms with van der Waals surface area (Å²) >= 11 is 5.90. The fraction of sp³-hybridized carbons (Fsp3) is 0.250. The van der Waals surface area contributed by atoms with Gasteiger partial charge in [0, 0.05) is 30.7 Å². The number of carbonyl (C=O) groups is 1. The van der Waals surface area contributed by atoms with E-state index in [2.05, 4.69) is 5.32 Å². The third-order valence-electron chi connectivity index (χ3n) is 4.01. The van der Waals surface area contributed by atoms with Gasteiger partial charge in [0.1, 0.15) is 0 Å².